The summed E-state index contributed by atoms with van der Waals surface area (Å²) in [7, 11) is 0. The summed E-state index contributed by atoms with van der Waals surface area (Å²) in [6, 6.07) is 8.35. The van der Waals surface area contributed by atoms with Gasteiger partial charge in [0, 0.05) is 5.92 Å². The maximum atomic E-state index is 6.08. The molecule has 1 heterocycles. The Kier molecular flexibility index (Phi) is 2.62. The van der Waals surface area contributed by atoms with E-state index >= 15 is 0 Å². The summed E-state index contributed by atoms with van der Waals surface area (Å²) >= 11 is 0. The summed E-state index contributed by atoms with van der Waals surface area (Å²) in [6.45, 7) is 2.12. The minimum absolute atomic E-state index is 0.470. The van der Waals surface area contributed by atoms with Gasteiger partial charge in [0.1, 0.15) is 0 Å². The predicted molar refractivity (Wildman–Crippen MR) is 79.3 cm³/mol. The fourth-order valence-electron chi connectivity index (χ4n) is 4.27. The second kappa shape index (κ2) is 4.37. The Morgan fingerprint density at radius 3 is 2.75 bits per heavy atom. The number of nitrogens with two attached hydrogens (primary N) is 1. The van der Waals surface area contributed by atoms with Gasteiger partial charge in [0.25, 0.3) is 0 Å². The molecule has 3 atom stereocenters. The molecule has 1 aromatic heterocycles. The van der Waals surface area contributed by atoms with Crippen LogP contribution in [0.25, 0.3) is 11.1 Å². The highest BCUT2D eigenvalue weighted by atomic mass is 16.5. The largest absolute Gasteiger partial charge is 0.367 e. The van der Waals surface area contributed by atoms with Gasteiger partial charge in [-0.3, -0.25) is 0 Å². The van der Waals surface area contributed by atoms with Crippen LogP contribution in [0.15, 0.2) is 28.8 Å². The normalized spacial score (nSPS) is 28.1. The van der Waals surface area contributed by atoms with Crippen LogP contribution in [-0.2, 0) is 0 Å². The van der Waals surface area contributed by atoms with Crippen molar-refractivity contribution >= 4 is 5.88 Å². The van der Waals surface area contributed by atoms with Crippen molar-refractivity contribution in [1.29, 1.82) is 0 Å². The van der Waals surface area contributed by atoms with E-state index in [4.69, 9.17) is 10.3 Å². The molecule has 2 fully saturated rings. The topological polar surface area (TPSA) is 52.0 Å². The van der Waals surface area contributed by atoms with Crippen molar-refractivity contribution in [3.63, 3.8) is 0 Å². The molecule has 2 aromatic rings. The molecule has 2 N–H and O–H groups in total. The van der Waals surface area contributed by atoms with Gasteiger partial charge in [-0.2, -0.15) is 0 Å². The van der Waals surface area contributed by atoms with Crippen LogP contribution in [0.5, 0.6) is 0 Å². The van der Waals surface area contributed by atoms with Crippen molar-refractivity contribution in [1.82, 2.24) is 5.16 Å². The first-order chi connectivity index (χ1) is 9.74. The van der Waals surface area contributed by atoms with E-state index in [2.05, 4.69) is 36.3 Å². The Labute approximate surface area is 119 Å². The molecule has 3 nitrogen and oxygen atoms in total. The lowest BCUT2D eigenvalue weighted by molar-refractivity contribution is 0.375. The fourth-order valence-corrected chi connectivity index (χ4v) is 4.27. The molecule has 20 heavy (non-hydrogen) atoms. The van der Waals surface area contributed by atoms with E-state index in [9.17, 15) is 0 Å². The number of hydrogen-bond acceptors (Lipinski definition) is 3. The van der Waals surface area contributed by atoms with Crippen molar-refractivity contribution in [3.8, 4) is 11.1 Å². The van der Waals surface area contributed by atoms with E-state index in [-0.39, 0.29) is 0 Å². The first kappa shape index (κ1) is 12.0. The second-order valence-corrected chi connectivity index (χ2v) is 6.40. The average Bonchev–Trinajstić information content (AvgIpc) is 3.14. The molecule has 2 saturated carbocycles. The highest BCUT2D eigenvalue weighted by Crippen LogP contribution is 2.54. The maximum absolute atomic E-state index is 6.08. The van der Waals surface area contributed by atoms with Gasteiger partial charge in [0.2, 0.25) is 5.88 Å². The van der Waals surface area contributed by atoms with Gasteiger partial charge in [0.05, 0.1) is 11.3 Å². The molecule has 1 aromatic carbocycles. The third kappa shape index (κ3) is 1.69. The molecule has 3 heteroatoms. The Hall–Kier alpha value is -1.77. The van der Waals surface area contributed by atoms with Gasteiger partial charge in [-0.15, -0.1) is 0 Å². The Bertz CT molecular complexity index is 646. The molecule has 0 radical (unpaired) electrons. The van der Waals surface area contributed by atoms with Crippen LogP contribution < -0.4 is 5.73 Å². The van der Waals surface area contributed by atoms with Crippen LogP contribution in [0.2, 0.25) is 0 Å². The van der Waals surface area contributed by atoms with E-state index in [1.165, 1.54) is 36.8 Å². The third-order valence-corrected chi connectivity index (χ3v) is 5.25. The van der Waals surface area contributed by atoms with Crippen LogP contribution in [0.3, 0.4) is 0 Å². The molecule has 0 aliphatic heterocycles. The highest BCUT2D eigenvalue weighted by Gasteiger charge is 2.43. The van der Waals surface area contributed by atoms with Gasteiger partial charge in [0.15, 0.2) is 0 Å². The van der Waals surface area contributed by atoms with Gasteiger partial charge in [-0.25, -0.2) is 0 Å². The van der Waals surface area contributed by atoms with Crippen molar-refractivity contribution in [2.45, 2.75) is 38.5 Å². The zero-order valence-electron chi connectivity index (χ0n) is 11.8. The summed E-state index contributed by atoms with van der Waals surface area (Å²) in [5.41, 5.74) is 10.6. The lowest BCUT2D eigenvalue weighted by Gasteiger charge is -2.20. The van der Waals surface area contributed by atoms with E-state index < -0.39 is 0 Å². The van der Waals surface area contributed by atoms with Gasteiger partial charge < -0.3 is 10.3 Å². The Balaban J connectivity index is 1.81. The lowest BCUT2D eigenvalue weighted by atomic mass is 9.83. The summed E-state index contributed by atoms with van der Waals surface area (Å²) in [6.07, 6.45) is 5.36. The predicted octanol–water partition coefficient (Wildman–Crippen LogP) is 4.14. The van der Waals surface area contributed by atoms with Crippen LogP contribution in [-0.4, -0.2) is 5.16 Å². The molecular weight excluding hydrogens is 248 g/mol. The molecule has 2 aliphatic carbocycles. The first-order valence-electron chi connectivity index (χ1n) is 7.55. The summed E-state index contributed by atoms with van der Waals surface area (Å²) in [4.78, 5) is 0. The van der Waals surface area contributed by atoms with Crippen LogP contribution >= 0.6 is 0 Å². The van der Waals surface area contributed by atoms with E-state index in [0.717, 1.165) is 23.1 Å². The molecule has 2 bridgehead atoms. The highest BCUT2D eigenvalue weighted by molar-refractivity contribution is 5.78. The van der Waals surface area contributed by atoms with Crippen LogP contribution in [0.4, 0.5) is 5.88 Å². The van der Waals surface area contributed by atoms with E-state index in [1.54, 1.807) is 0 Å². The number of aryl methyl sites for hydroxylation is 1. The number of rotatable bonds is 2. The van der Waals surface area contributed by atoms with E-state index in [0.29, 0.717) is 11.8 Å². The molecule has 3 unspecified atom stereocenters. The second-order valence-electron chi connectivity index (χ2n) is 6.40. The van der Waals surface area contributed by atoms with Gasteiger partial charge in [-0.1, -0.05) is 35.8 Å². The number of anilines is 1. The standard InChI is InChI=1S/C17H20N2O/c1-10-4-2-3-5-13(10)15-16(19-20-17(15)18)14-9-11-6-7-12(14)8-11/h2-5,11-12,14H,6-9,18H2,1H3. The minimum atomic E-state index is 0.470. The quantitative estimate of drug-likeness (QED) is 0.890. The van der Waals surface area contributed by atoms with Crippen molar-refractivity contribution in [2.24, 2.45) is 11.8 Å². The lowest BCUT2D eigenvalue weighted by Crippen LogP contribution is -2.10. The van der Waals surface area contributed by atoms with Crippen molar-refractivity contribution in [2.75, 3.05) is 5.73 Å². The smallest absolute Gasteiger partial charge is 0.230 e. The number of nitrogen functional groups attached to an aromatic ring is 1. The Morgan fingerprint density at radius 2 is 2.05 bits per heavy atom. The zero-order valence-corrected chi connectivity index (χ0v) is 11.8. The fraction of sp³-hybridized carbons (Fsp3) is 0.471. The SMILES string of the molecule is Cc1ccccc1-c1c(C2CC3CCC2C3)noc1N. The zero-order chi connectivity index (χ0) is 13.7. The molecule has 0 amide bonds. The number of fused-ring (bicyclic) bond motifs is 2. The van der Waals surface area contributed by atoms with Crippen molar-refractivity contribution < 1.29 is 4.52 Å². The molecule has 0 saturated heterocycles. The van der Waals surface area contributed by atoms with Crippen LogP contribution in [0, 0.1) is 18.8 Å². The average molecular weight is 268 g/mol. The number of nitrogens with zero attached hydrogens (tertiary/aromatic N) is 1. The van der Waals surface area contributed by atoms with Crippen molar-refractivity contribution in [3.05, 3.63) is 35.5 Å². The maximum Gasteiger partial charge on any atom is 0.230 e. The molecule has 2 aliphatic rings. The summed E-state index contributed by atoms with van der Waals surface area (Å²) in [5.74, 6) is 2.70. The summed E-state index contributed by atoms with van der Waals surface area (Å²) < 4.78 is 5.35. The monoisotopic (exact) mass is 268 g/mol. The summed E-state index contributed by atoms with van der Waals surface area (Å²) in [5, 5.41) is 4.33. The number of aromatic nitrogens is 1. The van der Waals surface area contributed by atoms with Gasteiger partial charge >= 0.3 is 0 Å². The van der Waals surface area contributed by atoms with E-state index in [1.807, 2.05) is 0 Å². The molecule has 104 valence electrons. The van der Waals surface area contributed by atoms with Crippen LogP contribution in [0.1, 0.15) is 42.9 Å². The molecule has 0 spiro atoms. The number of benzene rings is 1. The molecule has 4 rings (SSSR count). The minimum Gasteiger partial charge on any atom is -0.367 e. The van der Waals surface area contributed by atoms with Gasteiger partial charge in [-0.05, 0) is 49.1 Å². The third-order valence-electron chi connectivity index (χ3n) is 5.25. The Morgan fingerprint density at radius 1 is 1.20 bits per heavy atom. The number of hydrogen-bond donors (Lipinski definition) is 1. The molecular formula is C17H20N2O. The first-order valence-corrected chi connectivity index (χ1v) is 7.55.